The first-order valence-electron chi connectivity index (χ1n) is 6.68. The Morgan fingerprint density at radius 2 is 2.00 bits per heavy atom. The number of aryl methyl sites for hydroxylation is 2. The normalized spacial score (nSPS) is 13.6. The highest BCUT2D eigenvalue weighted by molar-refractivity contribution is 6.53. The summed E-state index contributed by atoms with van der Waals surface area (Å²) in [5, 5.41) is 2.64. The molecule has 112 valence electrons. The summed E-state index contributed by atoms with van der Waals surface area (Å²) in [6.07, 6.45) is 0. The van der Waals surface area contributed by atoms with Crippen molar-refractivity contribution in [3.05, 3.63) is 28.8 Å². The predicted molar refractivity (Wildman–Crippen MR) is 77.5 cm³/mol. The standard InChI is InChI=1S/C15H18N2O4/c1-9-6-10(2)13-11(7-9)17(15(20)14(13)19)8-12(18)16-4-5-21-3/h6-7H,4-5,8H2,1-3H3,(H,16,18). The number of Topliss-reactive ketones (excluding diaryl/α,β-unsaturated/α-hetero) is 1. The second-order valence-electron chi connectivity index (χ2n) is 5.04. The number of benzene rings is 1. The van der Waals surface area contributed by atoms with Crippen LogP contribution < -0.4 is 10.2 Å². The maximum atomic E-state index is 12.1. The number of amides is 2. The van der Waals surface area contributed by atoms with Gasteiger partial charge in [0.2, 0.25) is 5.91 Å². The zero-order valence-corrected chi connectivity index (χ0v) is 12.4. The number of rotatable bonds is 5. The highest BCUT2D eigenvalue weighted by Crippen LogP contribution is 2.32. The first kappa shape index (κ1) is 15.2. The molecule has 0 saturated heterocycles. The molecule has 0 atom stereocenters. The van der Waals surface area contributed by atoms with Crippen LogP contribution >= 0.6 is 0 Å². The lowest BCUT2D eigenvalue weighted by Crippen LogP contribution is -2.41. The van der Waals surface area contributed by atoms with Crippen LogP contribution in [0.5, 0.6) is 0 Å². The van der Waals surface area contributed by atoms with Gasteiger partial charge in [-0.25, -0.2) is 0 Å². The molecule has 6 heteroatoms. The molecule has 0 aromatic heterocycles. The van der Waals surface area contributed by atoms with Gasteiger partial charge in [0, 0.05) is 13.7 Å². The average molecular weight is 290 g/mol. The summed E-state index contributed by atoms with van der Waals surface area (Å²) < 4.78 is 4.84. The van der Waals surface area contributed by atoms with Gasteiger partial charge in [0.1, 0.15) is 6.54 Å². The van der Waals surface area contributed by atoms with Crippen molar-refractivity contribution in [3.63, 3.8) is 0 Å². The number of carbonyl (C=O) groups is 3. The van der Waals surface area contributed by atoms with Crippen LogP contribution in [0.25, 0.3) is 0 Å². The highest BCUT2D eigenvalue weighted by atomic mass is 16.5. The van der Waals surface area contributed by atoms with Crippen molar-refractivity contribution in [3.8, 4) is 0 Å². The summed E-state index contributed by atoms with van der Waals surface area (Å²) in [5.74, 6) is -1.52. The Morgan fingerprint density at radius 1 is 1.29 bits per heavy atom. The lowest BCUT2D eigenvalue weighted by Gasteiger charge is -2.17. The summed E-state index contributed by atoms with van der Waals surface area (Å²) in [6, 6.07) is 3.61. The van der Waals surface area contributed by atoms with Crippen LogP contribution in [0.2, 0.25) is 0 Å². The molecule has 6 nitrogen and oxygen atoms in total. The summed E-state index contributed by atoms with van der Waals surface area (Å²) in [7, 11) is 1.54. The van der Waals surface area contributed by atoms with Crippen LogP contribution in [0, 0.1) is 13.8 Å². The number of fused-ring (bicyclic) bond motifs is 1. The van der Waals surface area contributed by atoms with Crippen molar-refractivity contribution >= 4 is 23.3 Å². The van der Waals surface area contributed by atoms with E-state index < -0.39 is 11.7 Å². The highest BCUT2D eigenvalue weighted by Gasteiger charge is 2.37. The summed E-state index contributed by atoms with van der Waals surface area (Å²) >= 11 is 0. The van der Waals surface area contributed by atoms with E-state index in [1.54, 1.807) is 13.0 Å². The van der Waals surface area contributed by atoms with Crippen molar-refractivity contribution < 1.29 is 19.1 Å². The molecule has 0 saturated carbocycles. The number of anilines is 1. The molecule has 1 aromatic rings. The number of ketones is 1. The minimum Gasteiger partial charge on any atom is -0.383 e. The van der Waals surface area contributed by atoms with Crippen LogP contribution in [-0.4, -0.2) is 44.4 Å². The van der Waals surface area contributed by atoms with Crippen LogP contribution in [0.1, 0.15) is 21.5 Å². The third kappa shape index (κ3) is 2.95. The van der Waals surface area contributed by atoms with Crippen molar-refractivity contribution in [1.82, 2.24) is 5.32 Å². The Bertz CT molecular complexity index is 610. The molecule has 0 aliphatic carbocycles. The number of hydrogen-bond donors (Lipinski definition) is 1. The maximum Gasteiger partial charge on any atom is 0.299 e. The summed E-state index contributed by atoms with van der Waals surface area (Å²) in [5.41, 5.74) is 2.61. The quantitative estimate of drug-likeness (QED) is 0.636. The van der Waals surface area contributed by atoms with E-state index >= 15 is 0 Å². The van der Waals surface area contributed by atoms with Crippen LogP contribution in [0.3, 0.4) is 0 Å². The van der Waals surface area contributed by atoms with Gasteiger partial charge in [-0.05, 0) is 31.0 Å². The molecule has 0 spiro atoms. The van der Waals surface area contributed by atoms with E-state index in [4.69, 9.17) is 4.74 Å². The second-order valence-corrected chi connectivity index (χ2v) is 5.04. The molecule has 0 bridgehead atoms. The largest absolute Gasteiger partial charge is 0.383 e. The zero-order chi connectivity index (χ0) is 15.6. The van der Waals surface area contributed by atoms with Crippen LogP contribution in [-0.2, 0) is 14.3 Å². The van der Waals surface area contributed by atoms with Crippen LogP contribution in [0.4, 0.5) is 5.69 Å². The Kier molecular flexibility index (Phi) is 4.37. The van der Waals surface area contributed by atoms with Crippen molar-refractivity contribution in [2.45, 2.75) is 13.8 Å². The molecule has 21 heavy (non-hydrogen) atoms. The fourth-order valence-corrected chi connectivity index (χ4v) is 2.44. The fraction of sp³-hybridized carbons (Fsp3) is 0.400. The fourth-order valence-electron chi connectivity index (χ4n) is 2.44. The lowest BCUT2D eigenvalue weighted by molar-refractivity contribution is -0.122. The van der Waals surface area contributed by atoms with Gasteiger partial charge in [0.15, 0.2) is 0 Å². The van der Waals surface area contributed by atoms with Crippen LogP contribution in [0.15, 0.2) is 12.1 Å². The Morgan fingerprint density at radius 3 is 2.67 bits per heavy atom. The van der Waals surface area contributed by atoms with E-state index in [9.17, 15) is 14.4 Å². The van der Waals surface area contributed by atoms with E-state index in [-0.39, 0.29) is 12.5 Å². The van der Waals surface area contributed by atoms with E-state index in [1.165, 1.54) is 12.0 Å². The molecule has 0 fully saturated rings. The maximum absolute atomic E-state index is 12.1. The monoisotopic (exact) mass is 290 g/mol. The topological polar surface area (TPSA) is 75.7 Å². The minimum atomic E-state index is -0.652. The lowest BCUT2D eigenvalue weighted by atomic mass is 10.0. The molecular weight excluding hydrogens is 272 g/mol. The van der Waals surface area contributed by atoms with Gasteiger partial charge < -0.3 is 10.1 Å². The summed E-state index contributed by atoms with van der Waals surface area (Å²) in [4.78, 5) is 37.2. The number of carbonyl (C=O) groups excluding carboxylic acids is 3. The van der Waals surface area contributed by atoms with Gasteiger partial charge in [-0.3, -0.25) is 19.3 Å². The zero-order valence-electron chi connectivity index (χ0n) is 12.4. The Balaban J connectivity index is 2.21. The van der Waals surface area contributed by atoms with Crippen molar-refractivity contribution in [2.75, 3.05) is 31.7 Å². The third-order valence-corrected chi connectivity index (χ3v) is 3.35. The number of nitrogens with one attached hydrogen (secondary N) is 1. The first-order valence-corrected chi connectivity index (χ1v) is 6.68. The molecule has 1 heterocycles. The predicted octanol–water partition coefficient (Wildman–Crippen LogP) is 0.595. The van der Waals surface area contributed by atoms with Gasteiger partial charge in [0.05, 0.1) is 17.9 Å². The number of methoxy groups -OCH3 is 1. The van der Waals surface area contributed by atoms with Gasteiger partial charge in [-0.15, -0.1) is 0 Å². The molecule has 1 aliphatic rings. The summed E-state index contributed by atoms with van der Waals surface area (Å²) in [6.45, 7) is 4.28. The average Bonchev–Trinajstić information content (AvgIpc) is 2.64. The van der Waals surface area contributed by atoms with E-state index in [2.05, 4.69) is 5.32 Å². The molecule has 1 N–H and O–H groups in total. The number of ether oxygens (including phenoxy) is 1. The van der Waals surface area contributed by atoms with Gasteiger partial charge in [-0.2, -0.15) is 0 Å². The number of hydrogen-bond acceptors (Lipinski definition) is 4. The molecule has 1 aromatic carbocycles. The first-order chi connectivity index (χ1) is 9.95. The Hall–Kier alpha value is -2.21. The molecule has 2 rings (SSSR count). The molecule has 0 radical (unpaired) electrons. The van der Waals surface area contributed by atoms with Crippen molar-refractivity contribution in [1.29, 1.82) is 0 Å². The minimum absolute atomic E-state index is 0.163. The number of nitrogens with zero attached hydrogens (tertiary/aromatic N) is 1. The molecule has 1 aliphatic heterocycles. The molecule has 2 amide bonds. The van der Waals surface area contributed by atoms with E-state index in [1.807, 2.05) is 13.0 Å². The SMILES string of the molecule is COCCNC(=O)CN1C(=O)C(=O)c2c(C)cc(C)cc21. The van der Waals surface area contributed by atoms with E-state index in [0.717, 1.165) is 11.1 Å². The van der Waals surface area contributed by atoms with Gasteiger partial charge >= 0.3 is 0 Å². The third-order valence-electron chi connectivity index (χ3n) is 3.35. The van der Waals surface area contributed by atoms with Crippen molar-refractivity contribution in [2.24, 2.45) is 0 Å². The van der Waals surface area contributed by atoms with E-state index in [0.29, 0.717) is 24.4 Å². The molecule has 0 unspecified atom stereocenters. The van der Waals surface area contributed by atoms with Gasteiger partial charge in [-0.1, -0.05) is 6.07 Å². The molecular formula is C15H18N2O4. The smallest absolute Gasteiger partial charge is 0.299 e. The Labute approximate surface area is 123 Å². The second kappa shape index (κ2) is 6.05. The van der Waals surface area contributed by atoms with Gasteiger partial charge in [0.25, 0.3) is 11.7 Å².